The van der Waals surface area contributed by atoms with Crippen LogP contribution in [-0.4, -0.2) is 21.3 Å². The van der Waals surface area contributed by atoms with Gasteiger partial charge in [-0.3, -0.25) is 4.68 Å². The maximum Gasteiger partial charge on any atom is 0.121 e. The largest absolute Gasteiger partial charge is 0.303 e. The van der Waals surface area contributed by atoms with Gasteiger partial charge in [0.2, 0.25) is 0 Å². The molecule has 0 spiro atoms. The Morgan fingerprint density at radius 1 is 1.31 bits per heavy atom. The van der Waals surface area contributed by atoms with Gasteiger partial charge in [-0.1, -0.05) is 28.9 Å². The van der Waals surface area contributed by atoms with Gasteiger partial charge in [-0.2, -0.15) is 0 Å². The van der Waals surface area contributed by atoms with Crippen LogP contribution in [0.2, 0.25) is 5.02 Å². The number of halogens is 1. The number of aryl methyl sites for hydroxylation is 1. The smallest absolute Gasteiger partial charge is 0.121 e. The van der Waals surface area contributed by atoms with Gasteiger partial charge in [-0.15, -0.1) is 5.10 Å². The molecule has 2 aromatic rings. The van der Waals surface area contributed by atoms with Gasteiger partial charge in [0.1, 0.15) is 12.0 Å². The minimum absolute atomic E-state index is 0.448. The Hall–Kier alpha value is -1.68. The molecule has 0 aliphatic rings. The van der Waals surface area contributed by atoms with Gasteiger partial charge in [-0.25, -0.2) is 0 Å². The second-order valence-corrected chi connectivity index (χ2v) is 3.77. The van der Waals surface area contributed by atoms with Crippen LogP contribution in [0.5, 0.6) is 0 Å². The van der Waals surface area contributed by atoms with Crippen LogP contribution in [0.4, 0.5) is 0 Å². The second kappa shape index (κ2) is 4.90. The molecule has 1 aromatic heterocycles. The van der Waals surface area contributed by atoms with Gasteiger partial charge in [0.15, 0.2) is 0 Å². The molecule has 1 heterocycles. The van der Waals surface area contributed by atoms with Gasteiger partial charge in [0.05, 0.1) is 6.20 Å². The quantitative estimate of drug-likeness (QED) is 0.764. The maximum atomic E-state index is 10.2. The molecule has 0 unspecified atom stereocenters. The first-order valence-electron chi connectivity index (χ1n) is 4.89. The summed E-state index contributed by atoms with van der Waals surface area (Å²) in [4.78, 5) is 10.2. The number of hydrogen-bond donors (Lipinski definition) is 0. The molecule has 0 radical (unpaired) electrons. The lowest BCUT2D eigenvalue weighted by atomic mass is 10.2. The maximum absolute atomic E-state index is 10.2. The van der Waals surface area contributed by atoms with E-state index in [0.29, 0.717) is 18.0 Å². The van der Waals surface area contributed by atoms with Crippen molar-refractivity contribution in [2.45, 2.75) is 13.0 Å². The molecule has 5 heteroatoms. The van der Waals surface area contributed by atoms with Gasteiger partial charge in [0, 0.05) is 23.6 Å². The Bertz CT molecular complexity index is 478. The van der Waals surface area contributed by atoms with Crippen molar-refractivity contribution in [3.63, 3.8) is 0 Å². The van der Waals surface area contributed by atoms with Crippen molar-refractivity contribution in [3.8, 4) is 11.3 Å². The van der Waals surface area contributed by atoms with Crippen LogP contribution >= 0.6 is 11.6 Å². The van der Waals surface area contributed by atoms with Gasteiger partial charge < -0.3 is 4.79 Å². The molecular formula is C11H10ClN3O. The molecule has 0 aliphatic carbocycles. The lowest BCUT2D eigenvalue weighted by molar-refractivity contribution is -0.108. The third-order valence-corrected chi connectivity index (χ3v) is 2.41. The minimum Gasteiger partial charge on any atom is -0.303 e. The summed E-state index contributed by atoms with van der Waals surface area (Å²) in [5.74, 6) is 0. The van der Waals surface area contributed by atoms with E-state index in [1.807, 2.05) is 18.3 Å². The minimum atomic E-state index is 0.448. The van der Waals surface area contributed by atoms with Crippen LogP contribution in [0.15, 0.2) is 30.5 Å². The number of carbonyl (C=O) groups is 1. The lowest BCUT2D eigenvalue weighted by Gasteiger charge is -1.95. The molecule has 0 amide bonds. The van der Waals surface area contributed by atoms with Crippen molar-refractivity contribution in [3.05, 3.63) is 35.5 Å². The summed E-state index contributed by atoms with van der Waals surface area (Å²) in [5, 5.41) is 8.64. The Morgan fingerprint density at radius 3 is 2.75 bits per heavy atom. The summed E-state index contributed by atoms with van der Waals surface area (Å²) in [7, 11) is 0. The number of rotatable bonds is 4. The van der Waals surface area contributed by atoms with E-state index in [4.69, 9.17) is 11.6 Å². The van der Waals surface area contributed by atoms with Crippen LogP contribution in [0.25, 0.3) is 11.3 Å². The highest BCUT2D eigenvalue weighted by Crippen LogP contribution is 2.18. The molecule has 82 valence electrons. The zero-order valence-corrected chi connectivity index (χ0v) is 9.26. The zero-order valence-electron chi connectivity index (χ0n) is 8.51. The van der Waals surface area contributed by atoms with Crippen molar-refractivity contribution in [1.82, 2.24) is 15.0 Å². The third kappa shape index (κ3) is 2.46. The number of carbonyl (C=O) groups excluding carboxylic acids is 1. The van der Waals surface area contributed by atoms with E-state index in [-0.39, 0.29) is 0 Å². The zero-order chi connectivity index (χ0) is 11.4. The predicted molar refractivity (Wildman–Crippen MR) is 61.1 cm³/mol. The van der Waals surface area contributed by atoms with Crippen molar-refractivity contribution >= 4 is 17.9 Å². The molecule has 0 fully saturated rings. The third-order valence-electron chi connectivity index (χ3n) is 2.15. The van der Waals surface area contributed by atoms with Crippen LogP contribution in [0.1, 0.15) is 6.42 Å². The highest BCUT2D eigenvalue weighted by atomic mass is 35.5. The Kier molecular flexibility index (Phi) is 3.31. The highest BCUT2D eigenvalue weighted by molar-refractivity contribution is 6.30. The summed E-state index contributed by atoms with van der Waals surface area (Å²) in [6.07, 6.45) is 3.12. The average molecular weight is 236 g/mol. The molecule has 0 bridgehead atoms. The first-order valence-corrected chi connectivity index (χ1v) is 5.27. The first-order chi connectivity index (χ1) is 7.79. The fraction of sp³-hybridized carbons (Fsp3) is 0.182. The summed E-state index contributed by atoms with van der Waals surface area (Å²) in [5.41, 5.74) is 1.74. The SMILES string of the molecule is O=CCCn1cc(-c2ccc(Cl)cc2)nn1. The van der Waals surface area contributed by atoms with E-state index in [9.17, 15) is 4.79 Å². The molecule has 0 aliphatic heterocycles. The Morgan fingerprint density at radius 2 is 2.06 bits per heavy atom. The van der Waals surface area contributed by atoms with E-state index in [2.05, 4.69) is 10.3 Å². The topological polar surface area (TPSA) is 47.8 Å². The van der Waals surface area contributed by atoms with Gasteiger partial charge in [0.25, 0.3) is 0 Å². The van der Waals surface area contributed by atoms with E-state index in [1.165, 1.54) is 0 Å². The van der Waals surface area contributed by atoms with Crippen LogP contribution < -0.4 is 0 Å². The Balaban J connectivity index is 2.17. The molecule has 0 saturated heterocycles. The van der Waals surface area contributed by atoms with Crippen LogP contribution in [0, 0.1) is 0 Å². The lowest BCUT2D eigenvalue weighted by Crippen LogP contribution is -1.98. The summed E-state index contributed by atoms with van der Waals surface area (Å²) in [6.45, 7) is 0.560. The van der Waals surface area contributed by atoms with Crippen molar-refractivity contribution in [1.29, 1.82) is 0 Å². The van der Waals surface area contributed by atoms with Gasteiger partial charge >= 0.3 is 0 Å². The standard InChI is InChI=1S/C11H10ClN3O/c12-10-4-2-9(3-5-10)11-8-15(14-13-11)6-1-7-16/h2-5,7-8H,1,6H2. The molecule has 1 aromatic carbocycles. The molecule has 0 N–H and O–H groups in total. The van der Waals surface area contributed by atoms with E-state index in [1.54, 1.807) is 16.8 Å². The number of nitrogens with zero attached hydrogens (tertiary/aromatic N) is 3. The van der Waals surface area contributed by atoms with Crippen molar-refractivity contribution in [2.24, 2.45) is 0 Å². The van der Waals surface area contributed by atoms with E-state index in [0.717, 1.165) is 17.5 Å². The number of benzene rings is 1. The highest BCUT2D eigenvalue weighted by Gasteiger charge is 2.03. The summed E-state index contributed by atoms with van der Waals surface area (Å²) < 4.78 is 1.65. The molecule has 0 saturated carbocycles. The Labute approximate surface area is 97.8 Å². The monoisotopic (exact) mass is 235 g/mol. The first kappa shape index (κ1) is 10.8. The fourth-order valence-electron chi connectivity index (χ4n) is 1.35. The second-order valence-electron chi connectivity index (χ2n) is 3.33. The fourth-order valence-corrected chi connectivity index (χ4v) is 1.47. The van der Waals surface area contributed by atoms with Crippen LogP contribution in [-0.2, 0) is 11.3 Å². The van der Waals surface area contributed by atoms with Gasteiger partial charge in [-0.05, 0) is 12.1 Å². The van der Waals surface area contributed by atoms with Crippen LogP contribution in [0.3, 0.4) is 0 Å². The number of hydrogen-bond acceptors (Lipinski definition) is 3. The molecule has 4 nitrogen and oxygen atoms in total. The molecule has 16 heavy (non-hydrogen) atoms. The number of aromatic nitrogens is 3. The summed E-state index contributed by atoms with van der Waals surface area (Å²) in [6, 6.07) is 7.38. The van der Waals surface area contributed by atoms with E-state index < -0.39 is 0 Å². The number of aldehydes is 1. The average Bonchev–Trinajstić information content (AvgIpc) is 2.76. The molecule has 2 rings (SSSR count). The van der Waals surface area contributed by atoms with Crippen molar-refractivity contribution < 1.29 is 4.79 Å². The van der Waals surface area contributed by atoms with Crippen molar-refractivity contribution in [2.75, 3.05) is 0 Å². The normalized spacial score (nSPS) is 10.3. The molecular weight excluding hydrogens is 226 g/mol. The van der Waals surface area contributed by atoms with E-state index >= 15 is 0 Å². The molecule has 0 atom stereocenters. The summed E-state index contributed by atoms with van der Waals surface area (Å²) >= 11 is 5.79. The predicted octanol–water partition coefficient (Wildman–Crippen LogP) is 2.19.